The fourth-order valence-electron chi connectivity index (χ4n) is 2.70. The van der Waals surface area contributed by atoms with Gasteiger partial charge in [0.15, 0.2) is 0 Å². The van der Waals surface area contributed by atoms with Gasteiger partial charge in [0.05, 0.1) is 43.2 Å². The molecule has 0 unspecified atom stereocenters. The number of amides is 1. The van der Waals surface area contributed by atoms with Crippen molar-refractivity contribution in [2.75, 3.05) is 31.1 Å². The van der Waals surface area contributed by atoms with Crippen molar-refractivity contribution in [3.63, 3.8) is 0 Å². The van der Waals surface area contributed by atoms with Crippen molar-refractivity contribution in [3.8, 4) is 18.2 Å². The predicted octanol–water partition coefficient (Wildman–Crippen LogP) is 1.58. The minimum atomic E-state index is -0.0762. The summed E-state index contributed by atoms with van der Waals surface area (Å²) in [5.74, 6) is -0.0762. The molecule has 6 heteroatoms. The average Bonchev–Trinajstić information content (AvgIpc) is 2.97. The first-order valence-corrected chi connectivity index (χ1v) is 7.49. The highest BCUT2D eigenvalue weighted by Crippen LogP contribution is 2.28. The van der Waals surface area contributed by atoms with Gasteiger partial charge in [-0.1, -0.05) is 0 Å². The summed E-state index contributed by atoms with van der Waals surface area (Å²) in [7, 11) is 0. The molecule has 116 valence electrons. The Balaban J connectivity index is 2.04. The molecule has 23 heavy (non-hydrogen) atoms. The molecule has 1 aliphatic rings. The Hall–Kier alpha value is -3.04. The van der Waals surface area contributed by atoms with E-state index in [1.54, 1.807) is 11.0 Å². The van der Waals surface area contributed by atoms with E-state index in [0.29, 0.717) is 18.7 Å². The van der Waals surface area contributed by atoms with Crippen molar-refractivity contribution in [1.29, 1.82) is 15.8 Å². The fourth-order valence-corrected chi connectivity index (χ4v) is 2.70. The van der Waals surface area contributed by atoms with Gasteiger partial charge in [0.1, 0.15) is 0 Å². The van der Waals surface area contributed by atoms with Gasteiger partial charge < -0.3 is 9.80 Å². The molecule has 0 aliphatic carbocycles. The van der Waals surface area contributed by atoms with Crippen LogP contribution in [0, 0.1) is 34.0 Å². The molecule has 0 N–H and O–H groups in total. The lowest BCUT2D eigenvalue weighted by Gasteiger charge is -2.25. The Labute approximate surface area is 135 Å². The maximum absolute atomic E-state index is 12.5. The highest BCUT2D eigenvalue weighted by atomic mass is 16.2. The summed E-state index contributed by atoms with van der Waals surface area (Å²) in [4.78, 5) is 16.0. The van der Waals surface area contributed by atoms with Crippen LogP contribution in [0.25, 0.3) is 0 Å². The number of hydrogen-bond acceptors (Lipinski definition) is 5. The second-order valence-electron chi connectivity index (χ2n) is 5.32. The zero-order valence-corrected chi connectivity index (χ0v) is 12.8. The van der Waals surface area contributed by atoms with Crippen LogP contribution >= 0.6 is 0 Å². The number of rotatable bonds is 6. The molecule has 0 saturated heterocycles. The molecule has 1 aromatic carbocycles. The number of carbonyl (C=O) groups is 1. The zero-order valence-electron chi connectivity index (χ0n) is 12.8. The van der Waals surface area contributed by atoms with E-state index in [1.165, 1.54) is 0 Å². The second kappa shape index (κ2) is 7.82. The quantitative estimate of drug-likeness (QED) is 0.795. The predicted molar refractivity (Wildman–Crippen MR) is 84.1 cm³/mol. The van der Waals surface area contributed by atoms with Crippen LogP contribution < -0.4 is 4.90 Å². The standard InChI is InChI=1S/C17H17N5O/c18-6-1-8-21(9-2-7-19)17(23)13-22-10-5-15-11-14(12-20)3-4-16(15)22/h3-4,11H,1-2,5,8-10,13H2. The van der Waals surface area contributed by atoms with Crippen molar-refractivity contribution in [2.24, 2.45) is 0 Å². The van der Waals surface area contributed by atoms with Crippen LogP contribution in [0.4, 0.5) is 5.69 Å². The lowest BCUT2D eigenvalue weighted by atomic mass is 10.1. The van der Waals surface area contributed by atoms with Gasteiger partial charge in [-0.05, 0) is 30.2 Å². The van der Waals surface area contributed by atoms with E-state index in [4.69, 9.17) is 15.8 Å². The molecular formula is C17H17N5O. The summed E-state index contributed by atoms with van der Waals surface area (Å²) < 4.78 is 0. The first-order chi connectivity index (χ1) is 11.2. The minimum absolute atomic E-state index is 0.0762. The molecule has 0 aromatic heterocycles. The van der Waals surface area contributed by atoms with Gasteiger partial charge in [0, 0.05) is 25.3 Å². The third-order valence-corrected chi connectivity index (χ3v) is 3.87. The number of carbonyl (C=O) groups excluding carboxylic acids is 1. The Morgan fingerprint density at radius 3 is 2.48 bits per heavy atom. The number of fused-ring (bicyclic) bond motifs is 1. The van der Waals surface area contributed by atoms with Crippen molar-refractivity contribution in [1.82, 2.24) is 4.90 Å². The van der Waals surface area contributed by atoms with Crippen molar-refractivity contribution in [2.45, 2.75) is 19.3 Å². The minimum Gasteiger partial charge on any atom is -0.362 e. The Kier molecular flexibility index (Phi) is 5.56. The van der Waals surface area contributed by atoms with Crippen LogP contribution in [0.1, 0.15) is 24.0 Å². The van der Waals surface area contributed by atoms with Crippen LogP contribution in [0.5, 0.6) is 0 Å². The third kappa shape index (κ3) is 3.99. The van der Waals surface area contributed by atoms with Gasteiger partial charge in [-0.25, -0.2) is 0 Å². The molecule has 1 amide bonds. The molecule has 6 nitrogen and oxygen atoms in total. The molecule has 0 radical (unpaired) electrons. The summed E-state index contributed by atoms with van der Waals surface area (Å²) in [6.07, 6.45) is 1.34. The van der Waals surface area contributed by atoms with Gasteiger partial charge in [-0.15, -0.1) is 0 Å². The van der Waals surface area contributed by atoms with Crippen LogP contribution in [0.2, 0.25) is 0 Å². The molecule has 0 fully saturated rings. The number of benzene rings is 1. The molecular weight excluding hydrogens is 290 g/mol. The highest BCUT2D eigenvalue weighted by molar-refractivity contribution is 5.82. The van der Waals surface area contributed by atoms with Crippen LogP contribution in [-0.4, -0.2) is 37.0 Å². The lowest BCUT2D eigenvalue weighted by Crippen LogP contribution is -2.40. The number of hydrogen-bond donors (Lipinski definition) is 0. The monoisotopic (exact) mass is 307 g/mol. The summed E-state index contributed by atoms with van der Waals surface area (Å²) in [5.41, 5.74) is 2.69. The van der Waals surface area contributed by atoms with E-state index in [-0.39, 0.29) is 25.3 Å². The second-order valence-corrected chi connectivity index (χ2v) is 5.32. The van der Waals surface area contributed by atoms with Crippen LogP contribution in [-0.2, 0) is 11.2 Å². The summed E-state index contributed by atoms with van der Waals surface area (Å²) in [6, 6.07) is 11.7. The van der Waals surface area contributed by atoms with E-state index < -0.39 is 0 Å². The summed E-state index contributed by atoms with van der Waals surface area (Å²) in [6.45, 7) is 1.67. The van der Waals surface area contributed by atoms with E-state index >= 15 is 0 Å². The molecule has 1 heterocycles. The number of anilines is 1. The Bertz CT molecular complexity index is 689. The first kappa shape index (κ1) is 16.3. The van der Waals surface area contributed by atoms with Crippen LogP contribution in [0.15, 0.2) is 18.2 Å². The maximum Gasteiger partial charge on any atom is 0.242 e. The highest BCUT2D eigenvalue weighted by Gasteiger charge is 2.23. The summed E-state index contributed by atoms with van der Waals surface area (Å²) >= 11 is 0. The average molecular weight is 307 g/mol. The molecule has 0 atom stereocenters. The van der Waals surface area contributed by atoms with Crippen molar-refractivity contribution >= 4 is 11.6 Å². The summed E-state index contributed by atoms with van der Waals surface area (Å²) in [5, 5.41) is 26.3. The topological polar surface area (TPSA) is 94.9 Å². The third-order valence-electron chi connectivity index (χ3n) is 3.87. The SMILES string of the molecule is N#CCCN(CCC#N)C(=O)CN1CCc2cc(C#N)ccc21. The van der Waals surface area contributed by atoms with E-state index in [2.05, 4.69) is 6.07 Å². The van der Waals surface area contributed by atoms with E-state index in [1.807, 2.05) is 29.2 Å². The van der Waals surface area contributed by atoms with Gasteiger partial charge in [-0.3, -0.25) is 4.79 Å². The first-order valence-electron chi connectivity index (χ1n) is 7.49. The van der Waals surface area contributed by atoms with Gasteiger partial charge in [0.2, 0.25) is 5.91 Å². The van der Waals surface area contributed by atoms with Gasteiger partial charge in [-0.2, -0.15) is 15.8 Å². The van der Waals surface area contributed by atoms with Gasteiger partial charge in [0.25, 0.3) is 0 Å². The largest absolute Gasteiger partial charge is 0.362 e. The van der Waals surface area contributed by atoms with Crippen LogP contribution in [0.3, 0.4) is 0 Å². The Morgan fingerprint density at radius 2 is 1.87 bits per heavy atom. The maximum atomic E-state index is 12.5. The smallest absolute Gasteiger partial charge is 0.242 e. The van der Waals surface area contributed by atoms with Gasteiger partial charge >= 0.3 is 0 Å². The zero-order chi connectivity index (χ0) is 16.7. The van der Waals surface area contributed by atoms with Crippen molar-refractivity contribution in [3.05, 3.63) is 29.3 Å². The Morgan fingerprint density at radius 1 is 1.17 bits per heavy atom. The van der Waals surface area contributed by atoms with E-state index in [9.17, 15) is 4.79 Å². The number of nitriles is 3. The molecule has 2 rings (SSSR count). The lowest BCUT2D eigenvalue weighted by molar-refractivity contribution is -0.129. The molecule has 1 aromatic rings. The molecule has 0 spiro atoms. The number of nitrogens with zero attached hydrogens (tertiary/aromatic N) is 5. The normalized spacial score (nSPS) is 12.0. The molecule has 1 aliphatic heterocycles. The van der Waals surface area contributed by atoms with Crippen molar-refractivity contribution < 1.29 is 4.79 Å². The molecule has 0 bridgehead atoms. The van der Waals surface area contributed by atoms with E-state index in [0.717, 1.165) is 24.2 Å². The molecule has 0 saturated carbocycles. The fraction of sp³-hybridized carbons (Fsp3) is 0.412.